The minimum Gasteiger partial charge on any atom is -0.274 e. The molecule has 4 nitrogen and oxygen atoms in total. The Hall–Kier alpha value is -1.23. The van der Waals surface area contributed by atoms with Crippen LogP contribution in [0.3, 0.4) is 0 Å². The van der Waals surface area contributed by atoms with Crippen molar-refractivity contribution in [3.05, 3.63) is 22.8 Å². The molecule has 2 aliphatic rings. The first-order valence-corrected chi connectivity index (χ1v) is 7.40. The number of hydrogen-bond acceptors (Lipinski definition) is 3. The van der Waals surface area contributed by atoms with E-state index in [1.165, 1.54) is 4.90 Å². The van der Waals surface area contributed by atoms with Gasteiger partial charge < -0.3 is 0 Å². The molecule has 19 heavy (non-hydrogen) atoms. The number of carbonyl (C=O) groups is 2. The number of fused-ring (bicyclic) bond motifs is 1. The highest BCUT2D eigenvalue weighted by Crippen LogP contribution is 2.45. The second-order valence-electron chi connectivity index (χ2n) is 5.30. The Balaban J connectivity index is 1.91. The summed E-state index contributed by atoms with van der Waals surface area (Å²) in [5.41, 5.74) is 0. The Morgan fingerprint density at radius 3 is 2.47 bits per heavy atom. The number of carbonyl (C=O) groups excluding carboxylic acids is 2. The Morgan fingerprint density at radius 1 is 1.32 bits per heavy atom. The zero-order valence-corrected chi connectivity index (χ0v) is 12.3. The highest BCUT2D eigenvalue weighted by molar-refractivity contribution is 9.10. The Kier molecular flexibility index (Phi) is 3.17. The summed E-state index contributed by atoms with van der Waals surface area (Å²) in [5, 5.41) is 0. The van der Waals surface area contributed by atoms with E-state index in [9.17, 15) is 9.59 Å². The molecule has 3 rings (SSSR count). The van der Waals surface area contributed by atoms with E-state index in [1.807, 2.05) is 0 Å². The number of nitrogens with zero attached hydrogens (tertiary/aromatic N) is 2. The van der Waals surface area contributed by atoms with Crippen molar-refractivity contribution in [3.63, 3.8) is 0 Å². The van der Waals surface area contributed by atoms with Gasteiger partial charge in [-0.3, -0.25) is 9.59 Å². The Labute approximate surface area is 120 Å². The molecule has 2 fully saturated rings. The lowest BCUT2D eigenvalue weighted by atomic mass is 10.00. The van der Waals surface area contributed by atoms with Crippen molar-refractivity contribution < 1.29 is 9.59 Å². The third-order valence-electron chi connectivity index (χ3n) is 4.25. The molecule has 1 saturated carbocycles. The number of aromatic nitrogens is 1. The van der Waals surface area contributed by atoms with Crippen LogP contribution in [0.15, 0.2) is 22.8 Å². The normalized spacial score (nSPS) is 30.0. The summed E-state index contributed by atoms with van der Waals surface area (Å²) >= 11 is 3.34. The molecule has 0 N–H and O–H groups in total. The fourth-order valence-corrected chi connectivity index (χ4v) is 3.53. The van der Waals surface area contributed by atoms with Crippen LogP contribution in [0.5, 0.6) is 0 Å². The van der Waals surface area contributed by atoms with E-state index in [1.54, 1.807) is 18.3 Å². The molecule has 0 bridgehead atoms. The van der Waals surface area contributed by atoms with Gasteiger partial charge in [-0.05, 0) is 30.9 Å². The van der Waals surface area contributed by atoms with Gasteiger partial charge in [0.2, 0.25) is 11.8 Å². The standard InChI is InChI=1S/C14H15BrN2O2/c1-2-8-5-10-11(6-8)14(19)17(13(10)18)12-7-9(15)3-4-16-12/h3-4,7-8,10-11H,2,5-6H2,1H3. The SMILES string of the molecule is CCC1CC2C(=O)N(c3cc(Br)ccn3)C(=O)C2C1. The predicted octanol–water partition coefficient (Wildman–Crippen LogP) is 2.77. The maximum Gasteiger partial charge on any atom is 0.238 e. The summed E-state index contributed by atoms with van der Waals surface area (Å²) in [6.07, 6.45) is 4.33. The van der Waals surface area contributed by atoms with Gasteiger partial charge in [-0.25, -0.2) is 9.88 Å². The average molecular weight is 323 g/mol. The van der Waals surface area contributed by atoms with Crippen LogP contribution in [0.2, 0.25) is 0 Å². The molecular formula is C14H15BrN2O2. The van der Waals surface area contributed by atoms with Gasteiger partial charge in [0.05, 0.1) is 11.8 Å². The van der Waals surface area contributed by atoms with Crippen molar-refractivity contribution in [1.82, 2.24) is 4.98 Å². The third kappa shape index (κ3) is 2.00. The number of rotatable bonds is 2. The number of pyridine rings is 1. The summed E-state index contributed by atoms with van der Waals surface area (Å²) in [7, 11) is 0. The van der Waals surface area contributed by atoms with Crippen LogP contribution in [-0.2, 0) is 9.59 Å². The molecule has 1 aliphatic carbocycles. The van der Waals surface area contributed by atoms with Gasteiger partial charge >= 0.3 is 0 Å². The molecule has 2 unspecified atom stereocenters. The van der Waals surface area contributed by atoms with Crippen LogP contribution in [0.25, 0.3) is 0 Å². The second kappa shape index (κ2) is 4.71. The van der Waals surface area contributed by atoms with E-state index >= 15 is 0 Å². The van der Waals surface area contributed by atoms with Crippen LogP contribution in [0, 0.1) is 17.8 Å². The molecule has 1 aromatic heterocycles. The summed E-state index contributed by atoms with van der Waals surface area (Å²) in [5.74, 6) is 0.553. The summed E-state index contributed by atoms with van der Waals surface area (Å²) in [6.45, 7) is 2.12. The van der Waals surface area contributed by atoms with Crippen LogP contribution >= 0.6 is 15.9 Å². The van der Waals surface area contributed by atoms with E-state index in [0.29, 0.717) is 11.7 Å². The van der Waals surface area contributed by atoms with Crippen molar-refractivity contribution in [2.75, 3.05) is 4.90 Å². The molecule has 2 atom stereocenters. The maximum atomic E-state index is 12.4. The average Bonchev–Trinajstić information content (AvgIpc) is 2.91. The number of halogens is 1. The minimum atomic E-state index is -0.127. The molecule has 2 heterocycles. The van der Waals surface area contributed by atoms with Gasteiger partial charge in [0.15, 0.2) is 0 Å². The summed E-state index contributed by atoms with van der Waals surface area (Å²) < 4.78 is 0.821. The van der Waals surface area contributed by atoms with Crippen molar-refractivity contribution in [3.8, 4) is 0 Å². The van der Waals surface area contributed by atoms with Gasteiger partial charge in [-0.1, -0.05) is 29.3 Å². The van der Waals surface area contributed by atoms with Crippen LogP contribution in [0.4, 0.5) is 5.82 Å². The van der Waals surface area contributed by atoms with Gasteiger partial charge in [0, 0.05) is 10.7 Å². The van der Waals surface area contributed by atoms with E-state index in [4.69, 9.17) is 0 Å². The van der Waals surface area contributed by atoms with Gasteiger partial charge in [0.25, 0.3) is 0 Å². The molecule has 0 aromatic carbocycles. The molecule has 0 radical (unpaired) electrons. The van der Waals surface area contributed by atoms with E-state index in [2.05, 4.69) is 27.8 Å². The Morgan fingerprint density at radius 2 is 1.95 bits per heavy atom. The maximum absolute atomic E-state index is 12.4. The number of anilines is 1. The number of imide groups is 1. The van der Waals surface area contributed by atoms with Crippen LogP contribution < -0.4 is 4.90 Å². The zero-order chi connectivity index (χ0) is 13.6. The first-order valence-electron chi connectivity index (χ1n) is 6.61. The predicted molar refractivity (Wildman–Crippen MR) is 74.4 cm³/mol. The third-order valence-corrected chi connectivity index (χ3v) is 4.74. The Bertz CT molecular complexity index is 522. The van der Waals surface area contributed by atoms with Crippen molar-refractivity contribution in [2.24, 2.45) is 17.8 Å². The first-order chi connectivity index (χ1) is 9.11. The highest BCUT2D eigenvalue weighted by atomic mass is 79.9. The molecular weight excluding hydrogens is 308 g/mol. The van der Waals surface area contributed by atoms with Crippen molar-refractivity contribution in [2.45, 2.75) is 26.2 Å². The zero-order valence-electron chi connectivity index (χ0n) is 10.7. The lowest BCUT2D eigenvalue weighted by Crippen LogP contribution is -2.32. The van der Waals surface area contributed by atoms with E-state index < -0.39 is 0 Å². The number of amides is 2. The largest absolute Gasteiger partial charge is 0.274 e. The summed E-state index contributed by atoms with van der Waals surface area (Å²) in [6, 6.07) is 3.50. The lowest BCUT2D eigenvalue weighted by molar-refractivity contribution is -0.123. The van der Waals surface area contributed by atoms with E-state index in [-0.39, 0.29) is 23.7 Å². The molecule has 0 spiro atoms. The monoisotopic (exact) mass is 322 g/mol. The van der Waals surface area contributed by atoms with E-state index in [0.717, 1.165) is 23.7 Å². The molecule has 1 aliphatic heterocycles. The molecule has 2 amide bonds. The van der Waals surface area contributed by atoms with Crippen LogP contribution in [-0.4, -0.2) is 16.8 Å². The first kappa shape index (κ1) is 12.8. The summed E-state index contributed by atoms with van der Waals surface area (Å²) in [4.78, 5) is 30.3. The van der Waals surface area contributed by atoms with Gasteiger partial charge in [0.1, 0.15) is 5.82 Å². The molecule has 1 saturated heterocycles. The van der Waals surface area contributed by atoms with Crippen LogP contribution in [0.1, 0.15) is 26.2 Å². The highest BCUT2D eigenvalue weighted by Gasteiger charge is 2.53. The molecule has 5 heteroatoms. The topological polar surface area (TPSA) is 50.3 Å². The quantitative estimate of drug-likeness (QED) is 0.787. The lowest BCUT2D eigenvalue weighted by Gasteiger charge is -2.16. The smallest absolute Gasteiger partial charge is 0.238 e. The molecule has 100 valence electrons. The van der Waals surface area contributed by atoms with Gasteiger partial charge in [-0.2, -0.15) is 0 Å². The van der Waals surface area contributed by atoms with Crippen molar-refractivity contribution >= 4 is 33.6 Å². The van der Waals surface area contributed by atoms with Gasteiger partial charge in [-0.15, -0.1) is 0 Å². The molecule has 1 aromatic rings. The second-order valence-corrected chi connectivity index (χ2v) is 6.22. The van der Waals surface area contributed by atoms with Crippen molar-refractivity contribution in [1.29, 1.82) is 0 Å². The fourth-order valence-electron chi connectivity index (χ4n) is 3.20. The fraction of sp³-hybridized carbons (Fsp3) is 0.500. The minimum absolute atomic E-state index is 0.0726. The number of hydrogen-bond donors (Lipinski definition) is 0.